The van der Waals surface area contributed by atoms with E-state index in [0.717, 1.165) is 23.3 Å². The Kier molecular flexibility index (Phi) is 7.85. The first kappa shape index (κ1) is 25.7. The molecule has 2 aromatic rings. The number of rotatable bonds is 8. The van der Waals surface area contributed by atoms with E-state index in [2.05, 4.69) is 14.9 Å². The van der Waals surface area contributed by atoms with Crippen molar-refractivity contribution in [2.24, 2.45) is 23.5 Å². The SMILES string of the molecule is CCN(C[C@H]1CC[C@H](C(F)(F)F)CC1)c1ncnc2c1ccn2CC1CCN(CC(N)=O)C[C@@H]1O. The van der Waals surface area contributed by atoms with Crippen LogP contribution in [0.25, 0.3) is 11.0 Å². The first-order chi connectivity index (χ1) is 16.7. The number of alkyl halides is 3. The van der Waals surface area contributed by atoms with E-state index in [4.69, 9.17) is 5.73 Å². The number of nitrogens with two attached hydrogens (primary N) is 1. The first-order valence-electron chi connectivity index (χ1n) is 12.5. The van der Waals surface area contributed by atoms with Gasteiger partial charge in [-0.2, -0.15) is 13.2 Å². The molecule has 0 spiro atoms. The van der Waals surface area contributed by atoms with Gasteiger partial charge >= 0.3 is 6.18 Å². The fraction of sp³-hybridized carbons (Fsp3) is 0.708. The fourth-order valence-corrected chi connectivity index (χ4v) is 5.61. The number of primary amides is 1. The maximum atomic E-state index is 13.0. The Bertz CT molecular complexity index is 1000. The number of aliphatic hydroxyl groups is 1. The van der Waals surface area contributed by atoms with Crippen LogP contribution in [-0.2, 0) is 11.3 Å². The molecule has 194 valence electrons. The third-order valence-corrected chi connectivity index (χ3v) is 7.62. The molecule has 0 bridgehead atoms. The highest BCUT2D eigenvalue weighted by molar-refractivity contribution is 5.87. The second-order valence-corrected chi connectivity index (χ2v) is 10.0. The number of fused-ring (bicyclic) bond motifs is 1. The van der Waals surface area contributed by atoms with Crippen LogP contribution in [0.15, 0.2) is 18.6 Å². The number of piperidine rings is 1. The van der Waals surface area contributed by atoms with Crippen molar-refractivity contribution in [1.82, 2.24) is 19.4 Å². The average molecular weight is 497 g/mol. The molecule has 11 heteroatoms. The third-order valence-electron chi connectivity index (χ3n) is 7.62. The van der Waals surface area contributed by atoms with Crippen LogP contribution in [0.1, 0.15) is 39.0 Å². The van der Waals surface area contributed by atoms with E-state index in [1.54, 1.807) is 0 Å². The molecule has 2 fully saturated rings. The van der Waals surface area contributed by atoms with E-state index >= 15 is 0 Å². The number of anilines is 1. The molecule has 0 aromatic carbocycles. The summed E-state index contributed by atoms with van der Waals surface area (Å²) in [5.74, 6) is -0.538. The van der Waals surface area contributed by atoms with Gasteiger partial charge in [0.1, 0.15) is 17.8 Å². The zero-order valence-electron chi connectivity index (χ0n) is 20.1. The van der Waals surface area contributed by atoms with Crippen molar-refractivity contribution in [3.05, 3.63) is 18.6 Å². The van der Waals surface area contributed by atoms with Gasteiger partial charge in [-0.05, 0) is 57.6 Å². The standard InChI is InChI=1S/C24H35F3N6O2/c1-2-32(11-16-3-5-18(6-4-16)24(25,26)27)22-19-8-10-33(23(19)30-15-29-22)12-17-7-9-31(13-20(17)34)14-21(28)35/h8,10,15-18,20,34H,2-7,9,11-14H2,1H3,(H2,28,35)/t16-,17?,18-,20-/m0/s1. The summed E-state index contributed by atoms with van der Waals surface area (Å²) in [5.41, 5.74) is 6.06. The van der Waals surface area contributed by atoms with Crippen LogP contribution in [0, 0.1) is 17.8 Å². The highest BCUT2D eigenvalue weighted by Gasteiger charge is 2.41. The molecule has 2 atom stereocenters. The number of carbonyl (C=O) groups excluding carboxylic acids is 1. The third kappa shape index (κ3) is 6.06. The summed E-state index contributed by atoms with van der Waals surface area (Å²) < 4.78 is 41.1. The van der Waals surface area contributed by atoms with Gasteiger partial charge in [-0.1, -0.05) is 0 Å². The quantitative estimate of drug-likeness (QED) is 0.583. The van der Waals surface area contributed by atoms with Crippen molar-refractivity contribution in [1.29, 1.82) is 0 Å². The molecule has 1 amide bonds. The predicted octanol–water partition coefficient (Wildman–Crippen LogP) is 2.79. The largest absolute Gasteiger partial charge is 0.391 e. The lowest BCUT2D eigenvalue weighted by Crippen LogP contribution is -2.47. The summed E-state index contributed by atoms with van der Waals surface area (Å²) >= 11 is 0. The number of amides is 1. The van der Waals surface area contributed by atoms with E-state index < -0.39 is 24.1 Å². The molecule has 35 heavy (non-hydrogen) atoms. The minimum atomic E-state index is -4.09. The Morgan fingerprint density at radius 3 is 2.60 bits per heavy atom. The van der Waals surface area contributed by atoms with Crippen LogP contribution >= 0.6 is 0 Å². The number of carbonyl (C=O) groups is 1. The Morgan fingerprint density at radius 2 is 1.97 bits per heavy atom. The van der Waals surface area contributed by atoms with Crippen LogP contribution < -0.4 is 10.6 Å². The minimum Gasteiger partial charge on any atom is -0.391 e. The second kappa shape index (κ2) is 10.7. The number of aromatic nitrogens is 3. The Balaban J connectivity index is 1.43. The lowest BCUT2D eigenvalue weighted by atomic mass is 9.81. The van der Waals surface area contributed by atoms with Gasteiger partial charge in [-0.15, -0.1) is 0 Å². The van der Waals surface area contributed by atoms with Crippen molar-refractivity contribution in [2.75, 3.05) is 37.6 Å². The smallest absolute Gasteiger partial charge is 0.391 e. The molecule has 8 nitrogen and oxygen atoms in total. The highest BCUT2D eigenvalue weighted by atomic mass is 19.4. The monoisotopic (exact) mass is 496 g/mol. The number of hydrogen-bond donors (Lipinski definition) is 2. The summed E-state index contributed by atoms with van der Waals surface area (Å²) in [6, 6.07) is 1.97. The molecule has 2 aliphatic rings. The van der Waals surface area contributed by atoms with E-state index in [1.807, 2.05) is 28.7 Å². The molecule has 3 N–H and O–H groups in total. The van der Waals surface area contributed by atoms with Gasteiger partial charge in [0.2, 0.25) is 5.91 Å². The fourth-order valence-electron chi connectivity index (χ4n) is 5.61. The molecule has 1 saturated heterocycles. The minimum absolute atomic E-state index is 0.0271. The molecule has 1 aliphatic heterocycles. The van der Waals surface area contributed by atoms with E-state index in [-0.39, 0.29) is 31.2 Å². The zero-order valence-corrected chi connectivity index (χ0v) is 20.1. The number of β-amino-alcohol motifs (C(OH)–C–C–N with tert-alkyl or cyclic N) is 1. The number of nitrogens with zero attached hydrogens (tertiary/aromatic N) is 5. The number of halogens is 3. The Morgan fingerprint density at radius 1 is 1.23 bits per heavy atom. The first-order valence-corrected chi connectivity index (χ1v) is 12.5. The summed E-state index contributed by atoms with van der Waals surface area (Å²) in [4.78, 5) is 24.2. The molecule has 1 saturated carbocycles. The lowest BCUT2D eigenvalue weighted by molar-refractivity contribution is -0.183. The van der Waals surface area contributed by atoms with Crippen LogP contribution in [0.2, 0.25) is 0 Å². The summed E-state index contributed by atoms with van der Waals surface area (Å²) in [6.45, 7) is 5.26. The summed E-state index contributed by atoms with van der Waals surface area (Å²) in [7, 11) is 0. The average Bonchev–Trinajstić information content (AvgIpc) is 3.21. The molecule has 3 heterocycles. The molecule has 2 aromatic heterocycles. The van der Waals surface area contributed by atoms with Gasteiger partial charge < -0.3 is 20.3 Å². The summed E-state index contributed by atoms with van der Waals surface area (Å²) in [6.07, 6.45) is 1.10. The lowest BCUT2D eigenvalue weighted by Gasteiger charge is -2.35. The molecular formula is C24H35F3N6O2. The Labute approximate surface area is 203 Å². The predicted molar refractivity (Wildman–Crippen MR) is 127 cm³/mol. The topological polar surface area (TPSA) is 101 Å². The zero-order chi connectivity index (χ0) is 25.2. The van der Waals surface area contributed by atoms with Crippen LogP contribution in [-0.4, -0.2) is 75.5 Å². The van der Waals surface area contributed by atoms with E-state index in [9.17, 15) is 23.1 Å². The normalized spacial score (nSPS) is 26.2. The van der Waals surface area contributed by atoms with Gasteiger partial charge in [0, 0.05) is 38.3 Å². The molecular weight excluding hydrogens is 461 g/mol. The number of likely N-dealkylation sites (tertiary alicyclic amines) is 1. The van der Waals surface area contributed by atoms with Crippen molar-refractivity contribution < 1.29 is 23.1 Å². The van der Waals surface area contributed by atoms with Crippen LogP contribution in [0.5, 0.6) is 0 Å². The van der Waals surface area contributed by atoms with Gasteiger partial charge in [-0.3, -0.25) is 9.69 Å². The van der Waals surface area contributed by atoms with Gasteiger partial charge in [0.05, 0.1) is 24.0 Å². The van der Waals surface area contributed by atoms with E-state index in [1.165, 1.54) is 6.33 Å². The second-order valence-electron chi connectivity index (χ2n) is 10.0. The maximum Gasteiger partial charge on any atom is 0.391 e. The van der Waals surface area contributed by atoms with E-state index in [0.29, 0.717) is 45.6 Å². The molecule has 4 rings (SSSR count). The van der Waals surface area contributed by atoms with Crippen LogP contribution in [0.4, 0.5) is 19.0 Å². The number of hydrogen-bond acceptors (Lipinski definition) is 6. The molecule has 0 radical (unpaired) electrons. The van der Waals surface area contributed by atoms with Crippen molar-refractivity contribution in [3.63, 3.8) is 0 Å². The van der Waals surface area contributed by atoms with Gasteiger partial charge in [0.15, 0.2) is 0 Å². The van der Waals surface area contributed by atoms with Crippen molar-refractivity contribution in [3.8, 4) is 0 Å². The highest BCUT2D eigenvalue weighted by Crippen LogP contribution is 2.40. The Hall–Kier alpha value is -2.40. The van der Waals surface area contributed by atoms with Crippen molar-refractivity contribution in [2.45, 2.75) is 57.9 Å². The molecule has 1 aliphatic carbocycles. The number of aliphatic hydroxyl groups excluding tert-OH is 1. The van der Waals surface area contributed by atoms with Crippen molar-refractivity contribution >= 4 is 22.8 Å². The summed E-state index contributed by atoms with van der Waals surface area (Å²) in [5, 5.41) is 11.5. The molecule has 1 unspecified atom stereocenters. The van der Waals surface area contributed by atoms with Gasteiger partial charge in [-0.25, -0.2) is 9.97 Å². The maximum absolute atomic E-state index is 13.0. The van der Waals surface area contributed by atoms with Crippen LogP contribution in [0.3, 0.4) is 0 Å². The van der Waals surface area contributed by atoms with Gasteiger partial charge in [0.25, 0.3) is 0 Å².